The Balaban J connectivity index is 2.79. The largest absolute Gasteiger partial charge is 0.380 e. The van der Waals surface area contributed by atoms with Crippen molar-refractivity contribution in [1.82, 2.24) is 9.55 Å². The molecule has 0 aliphatic carbocycles. The summed E-state index contributed by atoms with van der Waals surface area (Å²) in [5, 5.41) is -0.137. The molecule has 1 unspecified atom stereocenters. The molecule has 0 bridgehead atoms. The highest BCUT2D eigenvalue weighted by Gasteiger charge is 2.13. The van der Waals surface area contributed by atoms with E-state index in [1.165, 1.54) is 12.5 Å². The molecule has 1 aromatic heterocycles. The van der Waals surface area contributed by atoms with Crippen molar-refractivity contribution in [2.24, 2.45) is 0 Å². The van der Waals surface area contributed by atoms with Crippen LogP contribution in [0.2, 0.25) is 0 Å². The van der Waals surface area contributed by atoms with Gasteiger partial charge >= 0.3 is 0 Å². The fraction of sp³-hybridized carbons (Fsp3) is 0.571. The average Bonchev–Trinajstić information content (AvgIpc) is 2.51. The molecular weight excluding hydrogens is 228 g/mol. The number of imidazole rings is 1. The minimum absolute atomic E-state index is 0.00456. The molecule has 0 aromatic carbocycles. The molecule has 0 radical (unpaired) electrons. The van der Waals surface area contributed by atoms with Crippen LogP contribution in [0, 0.1) is 0 Å². The van der Waals surface area contributed by atoms with Crippen LogP contribution in [0.4, 0.5) is 0 Å². The number of halogens is 1. The van der Waals surface area contributed by atoms with Crippen LogP contribution >= 0.6 is 10.7 Å². The first-order chi connectivity index (χ1) is 6.43. The van der Waals surface area contributed by atoms with Crippen LogP contribution in [-0.2, 0) is 20.3 Å². The van der Waals surface area contributed by atoms with Crippen LogP contribution in [0.5, 0.6) is 0 Å². The molecule has 1 heterocycles. The molecule has 0 aliphatic rings. The van der Waals surface area contributed by atoms with Crippen molar-refractivity contribution in [3.63, 3.8) is 0 Å². The molecule has 7 heteroatoms. The summed E-state index contributed by atoms with van der Waals surface area (Å²) < 4.78 is 28.4. The molecular formula is C7H11ClN2O3S. The summed E-state index contributed by atoms with van der Waals surface area (Å²) in [6, 6.07) is 0. The van der Waals surface area contributed by atoms with Gasteiger partial charge in [0, 0.05) is 30.5 Å². The van der Waals surface area contributed by atoms with Gasteiger partial charge in [-0.25, -0.2) is 13.4 Å². The Morgan fingerprint density at radius 3 is 2.79 bits per heavy atom. The van der Waals surface area contributed by atoms with E-state index in [4.69, 9.17) is 15.4 Å². The van der Waals surface area contributed by atoms with Crippen molar-refractivity contribution in [2.75, 3.05) is 7.11 Å². The summed E-state index contributed by atoms with van der Waals surface area (Å²) in [5.74, 6) is 0. The summed E-state index contributed by atoms with van der Waals surface area (Å²) in [4.78, 5) is 3.66. The summed E-state index contributed by atoms with van der Waals surface area (Å²) in [7, 11) is 2.97. The van der Waals surface area contributed by atoms with Crippen LogP contribution in [0.1, 0.15) is 6.92 Å². The number of methoxy groups -OCH3 is 1. The normalized spacial score (nSPS) is 14.2. The minimum Gasteiger partial charge on any atom is -0.380 e. The zero-order valence-corrected chi connectivity index (χ0v) is 9.42. The van der Waals surface area contributed by atoms with E-state index in [0.717, 1.165) is 0 Å². The molecule has 1 rings (SSSR count). The van der Waals surface area contributed by atoms with Crippen LogP contribution in [0.15, 0.2) is 17.6 Å². The third kappa shape index (κ3) is 2.97. The van der Waals surface area contributed by atoms with Crippen molar-refractivity contribution >= 4 is 19.7 Å². The molecule has 1 aromatic rings. The smallest absolute Gasteiger partial charge is 0.280 e. The van der Waals surface area contributed by atoms with E-state index in [1.807, 2.05) is 6.92 Å². The van der Waals surface area contributed by atoms with E-state index >= 15 is 0 Å². The van der Waals surface area contributed by atoms with Gasteiger partial charge in [0.15, 0.2) is 5.03 Å². The lowest BCUT2D eigenvalue weighted by Crippen LogP contribution is -2.13. The molecule has 0 aliphatic heterocycles. The molecule has 0 saturated carbocycles. The Morgan fingerprint density at radius 1 is 1.71 bits per heavy atom. The van der Waals surface area contributed by atoms with Crippen LogP contribution in [-0.4, -0.2) is 31.2 Å². The molecule has 80 valence electrons. The number of nitrogens with zero attached hydrogens (tertiary/aromatic N) is 2. The molecule has 0 spiro atoms. The fourth-order valence-electron chi connectivity index (χ4n) is 0.937. The van der Waals surface area contributed by atoms with E-state index in [-0.39, 0.29) is 11.1 Å². The van der Waals surface area contributed by atoms with Gasteiger partial charge in [-0.1, -0.05) is 0 Å². The molecule has 0 fully saturated rings. The Bertz CT molecular complexity index is 401. The first-order valence-electron chi connectivity index (χ1n) is 3.92. The maximum absolute atomic E-state index is 10.9. The molecule has 14 heavy (non-hydrogen) atoms. The second-order valence-corrected chi connectivity index (χ2v) is 5.41. The van der Waals surface area contributed by atoms with Crippen molar-refractivity contribution in [3.05, 3.63) is 12.5 Å². The molecule has 5 nitrogen and oxygen atoms in total. The molecule has 0 N–H and O–H groups in total. The number of rotatable bonds is 4. The van der Waals surface area contributed by atoms with Gasteiger partial charge in [0.05, 0.1) is 12.4 Å². The third-order valence-electron chi connectivity index (χ3n) is 1.73. The zero-order chi connectivity index (χ0) is 10.8. The van der Waals surface area contributed by atoms with Gasteiger partial charge in [-0.2, -0.15) is 0 Å². The predicted octanol–water partition coefficient (Wildman–Crippen LogP) is 0.846. The van der Waals surface area contributed by atoms with Gasteiger partial charge in [-0.15, -0.1) is 0 Å². The minimum atomic E-state index is -3.73. The fourth-order valence-corrected chi connectivity index (χ4v) is 1.61. The van der Waals surface area contributed by atoms with Crippen LogP contribution in [0.25, 0.3) is 0 Å². The molecule has 0 amide bonds. The highest BCUT2D eigenvalue weighted by Crippen LogP contribution is 2.11. The zero-order valence-electron chi connectivity index (χ0n) is 7.84. The Morgan fingerprint density at radius 2 is 2.36 bits per heavy atom. The monoisotopic (exact) mass is 238 g/mol. The van der Waals surface area contributed by atoms with E-state index in [1.54, 1.807) is 11.7 Å². The lowest BCUT2D eigenvalue weighted by Gasteiger charge is -2.08. The first kappa shape index (κ1) is 11.5. The number of ether oxygens (including phenoxy) is 1. The van der Waals surface area contributed by atoms with Gasteiger partial charge in [0.25, 0.3) is 9.05 Å². The van der Waals surface area contributed by atoms with Crippen molar-refractivity contribution in [1.29, 1.82) is 0 Å². The topological polar surface area (TPSA) is 61.2 Å². The van der Waals surface area contributed by atoms with Crippen LogP contribution in [0.3, 0.4) is 0 Å². The SMILES string of the molecule is COC(C)Cn1cnc(S(=O)(=O)Cl)c1. The molecule has 1 atom stereocenters. The summed E-state index contributed by atoms with van der Waals surface area (Å²) in [6.07, 6.45) is 2.78. The van der Waals surface area contributed by atoms with Gasteiger partial charge in [0.2, 0.25) is 0 Å². The van der Waals surface area contributed by atoms with Gasteiger partial charge in [0.1, 0.15) is 0 Å². The number of aromatic nitrogens is 2. The highest BCUT2D eigenvalue weighted by atomic mass is 35.7. The van der Waals surface area contributed by atoms with E-state index in [0.29, 0.717) is 6.54 Å². The van der Waals surface area contributed by atoms with Crippen LogP contribution < -0.4 is 0 Å². The van der Waals surface area contributed by atoms with Crippen molar-refractivity contribution in [2.45, 2.75) is 24.6 Å². The Hall–Kier alpha value is -0.590. The predicted molar refractivity (Wildman–Crippen MR) is 51.7 cm³/mol. The van der Waals surface area contributed by atoms with Gasteiger partial charge in [-0.3, -0.25) is 0 Å². The maximum Gasteiger partial charge on any atom is 0.280 e. The number of hydrogen-bond acceptors (Lipinski definition) is 4. The lowest BCUT2D eigenvalue weighted by atomic mass is 10.4. The van der Waals surface area contributed by atoms with Gasteiger partial charge < -0.3 is 9.30 Å². The first-order valence-corrected chi connectivity index (χ1v) is 6.23. The summed E-state index contributed by atoms with van der Waals surface area (Å²) >= 11 is 0. The Kier molecular flexibility index (Phi) is 3.52. The van der Waals surface area contributed by atoms with Crippen molar-refractivity contribution < 1.29 is 13.2 Å². The Labute approximate surface area is 87.1 Å². The van der Waals surface area contributed by atoms with E-state index < -0.39 is 9.05 Å². The second kappa shape index (κ2) is 4.29. The number of hydrogen-bond donors (Lipinski definition) is 0. The van der Waals surface area contributed by atoms with E-state index in [9.17, 15) is 8.42 Å². The van der Waals surface area contributed by atoms with E-state index in [2.05, 4.69) is 4.98 Å². The summed E-state index contributed by atoms with van der Waals surface area (Å²) in [5.41, 5.74) is 0. The second-order valence-electron chi connectivity index (χ2n) is 2.89. The third-order valence-corrected chi connectivity index (χ3v) is 2.91. The summed E-state index contributed by atoms with van der Waals surface area (Å²) in [6.45, 7) is 2.41. The quantitative estimate of drug-likeness (QED) is 0.730. The van der Waals surface area contributed by atoms with Crippen molar-refractivity contribution in [3.8, 4) is 0 Å². The average molecular weight is 239 g/mol. The maximum atomic E-state index is 10.9. The standard InChI is InChI=1S/C7H11ClN2O3S/c1-6(13-2)3-10-4-7(9-5-10)14(8,11)12/h4-6H,3H2,1-2H3. The molecule has 0 saturated heterocycles. The lowest BCUT2D eigenvalue weighted by molar-refractivity contribution is 0.103. The highest BCUT2D eigenvalue weighted by molar-refractivity contribution is 8.13. The van der Waals surface area contributed by atoms with Gasteiger partial charge in [-0.05, 0) is 6.92 Å².